The molecular formula is C8H11ClO3. The average Bonchev–Trinajstić information content (AvgIpc) is 2.52. The summed E-state index contributed by atoms with van der Waals surface area (Å²) in [6.07, 6.45) is 3.08. The van der Waals surface area contributed by atoms with E-state index in [1.807, 2.05) is 0 Å². The molecule has 3 nitrogen and oxygen atoms in total. The lowest BCUT2D eigenvalue weighted by molar-refractivity contribution is -0.135. The number of allylic oxidation sites excluding steroid dienone is 1. The molecule has 1 atom stereocenters. The SMILES string of the molecule is COC(=O)/C=C1/CC[C@H](CCl)O1. The van der Waals surface area contributed by atoms with Crippen LogP contribution >= 0.6 is 11.6 Å². The number of hydrogen-bond acceptors (Lipinski definition) is 3. The van der Waals surface area contributed by atoms with Gasteiger partial charge in [-0.3, -0.25) is 0 Å². The summed E-state index contributed by atoms with van der Waals surface area (Å²) in [4.78, 5) is 10.8. The van der Waals surface area contributed by atoms with E-state index >= 15 is 0 Å². The van der Waals surface area contributed by atoms with Crippen LogP contribution in [-0.4, -0.2) is 25.1 Å². The Kier molecular flexibility index (Phi) is 3.41. The highest BCUT2D eigenvalue weighted by Gasteiger charge is 2.20. The Balaban J connectivity index is 2.45. The molecule has 0 saturated carbocycles. The Morgan fingerprint density at radius 1 is 1.92 bits per heavy atom. The predicted octanol–water partition coefficient (Wildman–Crippen LogP) is 1.46. The molecule has 0 radical (unpaired) electrons. The number of methoxy groups -OCH3 is 1. The number of carbonyl (C=O) groups excluding carboxylic acids is 1. The Bertz CT molecular complexity index is 200. The third-order valence-electron chi connectivity index (χ3n) is 1.68. The molecule has 0 unspecified atom stereocenters. The van der Waals surface area contributed by atoms with Crippen LogP contribution in [0.5, 0.6) is 0 Å². The Morgan fingerprint density at radius 2 is 2.67 bits per heavy atom. The van der Waals surface area contributed by atoms with Crippen LogP contribution < -0.4 is 0 Å². The van der Waals surface area contributed by atoms with Crippen molar-refractivity contribution in [2.75, 3.05) is 13.0 Å². The lowest BCUT2D eigenvalue weighted by Gasteiger charge is -2.04. The molecule has 0 aliphatic carbocycles. The van der Waals surface area contributed by atoms with Gasteiger partial charge in [0, 0.05) is 6.42 Å². The summed E-state index contributed by atoms with van der Waals surface area (Å²) < 4.78 is 9.76. The van der Waals surface area contributed by atoms with Crippen LogP contribution in [0.25, 0.3) is 0 Å². The monoisotopic (exact) mass is 190 g/mol. The third kappa shape index (κ3) is 2.41. The van der Waals surface area contributed by atoms with Crippen LogP contribution in [-0.2, 0) is 14.3 Å². The molecule has 0 aromatic heterocycles. The van der Waals surface area contributed by atoms with E-state index in [-0.39, 0.29) is 12.1 Å². The van der Waals surface area contributed by atoms with E-state index in [4.69, 9.17) is 16.3 Å². The van der Waals surface area contributed by atoms with Gasteiger partial charge in [0.15, 0.2) is 0 Å². The zero-order valence-electron chi connectivity index (χ0n) is 6.88. The molecule has 1 fully saturated rings. The fourth-order valence-electron chi connectivity index (χ4n) is 1.04. The summed E-state index contributed by atoms with van der Waals surface area (Å²) in [6, 6.07) is 0. The van der Waals surface area contributed by atoms with Gasteiger partial charge in [-0.05, 0) is 6.42 Å². The minimum atomic E-state index is -0.375. The average molecular weight is 191 g/mol. The lowest BCUT2D eigenvalue weighted by atomic mass is 10.2. The molecule has 0 aromatic carbocycles. The molecule has 0 spiro atoms. The second kappa shape index (κ2) is 4.36. The Hall–Kier alpha value is -0.700. The van der Waals surface area contributed by atoms with Gasteiger partial charge in [-0.15, -0.1) is 11.6 Å². The van der Waals surface area contributed by atoms with Crippen molar-refractivity contribution >= 4 is 17.6 Å². The first-order valence-electron chi connectivity index (χ1n) is 3.77. The van der Waals surface area contributed by atoms with Gasteiger partial charge in [0.05, 0.1) is 19.1 Å². The van der Waals surface area contributed by atoms with Gasteiger partial charge in [0.1, 0.15) is 11.9 Å². The first-order valence-corrected chi connectivity index (χ1v) is 4.31. The maximum absolute atomic E-state index is 10.8. The molecule has 1 heterocycles. The van der Waals surface area contributed by atoms with Crippen LogP contribution in [0.4, 0.5) is 0 Å². The van der Waals surface area contributed by atoms with E-state index < -0.39 is 0 Å². The standard InChI is InChI=1S/C8H11ClO3/c1-11-8(10)4-6-2-3-7(5-9)12-6/h4,7H,2-3,5H2,1H3/b6-4-/t7-/m1/s1. The van der Waals surface area contributed by atoms with E-state index in [2.05, 4.69) is 4.74 Å². The summed E-state index contributed by atoms with van der Waals surface area (Å²) in [5.74, 6) is 0.770. The second-order valence-electron chi connectivity index (χ2n) is 2.57. The van der Waals surface area contributed by atoms with Crippen LogP contribution in [0.3, 0.4) is 0 Å². The van der Waals surface area contributed by atoms with Gasteiger partial charge >= 0.3 is 5.97 Å². The predicted molar refractivity (Wildman–Crippen MR) is 44.9 cm³/mol. The van der Waals surface area contributed by atoms with Crippen molar-refractivity contribution in [1.29, 1.82) is 0 Å². The highest BCUT2D eigenvalue weighted by molar-refractivity contribution is 6.18. The fraction of sp³-hybridized carbons (Fsp3) is 0.625. The molecule has 1 rings (SSSR count). The molecule has 0 aromatic rings. The van der Waals surface area contributed by atoms with Crippen molar-refractivity contribution in [3.05, 3.63) is 11.8 Å². The summed E-state index contributed by atoms with van der Waals surface area (Å²) in [7, 11) is 1.34. The second-order valence-corrected chi connectivity index (χ2v) is 2.88. The van der Waals surface area contributed by atoms with Crippen LogP contribution in [0.15, 0.2) is 11.8 Å². The molecule has 1 aliphatic heterocycles. The van der Waals surface area contributed by atoms with Crippen molar-refractivity contribution in [3.8, 4) is 0 Å². The Labute approximate surface area is 76.3 Å². The van der Waals surface area contributed by atoms with Crippen molar-refractivity contribution in [2.24, 2.45) is 0 Å². The number of halogens is 1. The quantitative estimate of drug-likeness (QED) is 0.376. The third-order valence-corrected chi connectivity index (χ3v) is 2.03. The molecule has 12 heavy (non-hydrogen) atoms. The molecule has 1 aliphatic rings. The molecule has 4 heteroatoms. The zero-order chi connectivity index (χ0) is 8.97. The number of alkyl halides is 1. The number of esters is 1. The zero-order valence-corrected chi connectivity index (χ0v) is 7.63. The normalized spacial score (nSPS) is 25.5. The minimum absolute atomic E-state index is 0.0579. The van der Waals surface area contributed by atoms with Gasteiger partial charge in [-0.1, -0.05) is 0 Å². The van der Waals surface area contributed by atoms with E-state index in [0.717, 1.165) is 12.8 Å². The Morgan fingerprint density at radius 3 is 3.17 bits per heavy atom. The molecule has 0 bridgehead atoms. The van der Waals surface area contributed by atoms with Crippen molar-refractivity contribution in [2.45, 2.75) is 18.9 Å². The van der Waals surface area contributed by atoms with Gasteiger partial charge < -0.3 is 9.47 Å². The van der Waals surface area contributed by atoms with Crippen LogP contribution in [0.1, 0.15) is 12.8 Å². The number of rotatable bonds is 2. The van der Waals surface area contributed by atoms with Crippen molar-refractivity contribution in [3.63, 3.8) is 0 Å². The largest absolute Gasteiger partial charge is 0.493 e. The maximum atomic E-state index is 10.8. The van der Waals surface area contributed by atoms with Gasteiger partial charge in [-0.2, -0.15) is 0 Å². The van der Waals surface area contributed by atoms with Gasteiger partial charge in [0.25, 0.3) is 0 Å². The summed E-state index contributed by atoms with van der Waals surface area (Å²) in [6.45, 7) is 0. The van der Waals surface area contributed by atoms with E-state index in [1.165, 1.54) is 13.2 Å². The molecule has 0 N–H and O–H groups in total. The first kappa shape index (κ1) is 9.39. The maximum Gasteiger partial charge on any atom is 0.333 e. The molecule has 1 saturated heterocycles. The molecule has 0 amide bonds. The topological polar surface area (TPSA) is 35.5 Å². The van der Waals surface area contributed by atoms with Gasteiger partial charge in [-0.25, -0.2) is 4.79 Å². The van der Waals surface area contributed by atoms with E-state index in [9.17, 15) is 4.79 Å². The van der Waals surface area contributed by atoms with E-state index in [1.54, 1.807) is 0 Å². The summed E-state index contributed by atoms with van der Waals surface area (Å²) in [5.41, 5.74) is 0. The van der Waals surface area contributed by atoms with Crippen molar-refractivity contribution in [1.82, 2.24) is 0 Å². The smallest absolute Gasteiger partial charge is 0.333 e. The lowest BCUT2D eigenvalue weighted by Crippen LogP contribution is -2.05. The number of carbonyl (C=O) groups is 1. The van der Waals surface area contributed by atoms with Crippen LogP contribution in [0.2, 0.25) is 0 Å². The van der Waals surface area contributed by atoms with Crippen molar-refractivity contribution < 1.29 is 14.3 Å². The summed E-state index contributed by atoms with van der Waals surface area (Å²) >= 11 is 5.58. The number of hydrogen-bond donors (Lipinski definition) is 0. The fourth-order valence-corrected chi connectivity index (χ4v) is 1.26. The highest BCUT2D eigenvalue weighted by Crippen LogP contribution is 2.23. The minimum Gasteiger partial charge on any atom is -0.493 e. The molecule has 68 valence electrons. The summed E-state index contributed by atoms with van der Waals surface area (Å²) in [5, 5.41) is 0. The first-order chi connectivity index (χ1) is 5.76. The van der Waals surface area contributed by atoms with E-state index in [0.29, 0.717) is 11.6 Å². The molecular weight excluding hydrogens is 180 g/mol. The van der Waals surface area contributed by atoms with Gasteiger partial charge in [0.2, 0.25) is 0 Å². The highest BCUT2D eigenvalue weighted by atomic mass is 35.5. The number of ether oxygens (including phenoxy) is 2. The van der Waals surface area contributed by atoms with Crippen LogP contribution in [0, 0.1) is 0 Å².